The Labute approximate surface area is 178 Å². The van der Waals surface area contributed by atoms with Gasteiger partial charge in [0.25, 0.3) is 5.91 Å². The van der Waals surface area contributed by atoms with Gasteiger partial charge in [-0.25, -0.2) is 4.68 Å². The van der Waals surface area contributed by atoms with Crippen molar-refractivity contribution >= 4 is 29.2 Å². The van der Waals surface area contributed by atoms with Crippen LogP contribution in [0.25, 0.3) is 5.69 Å². The lowest BCUT2D eigenvalue weighted by Gasteiger charge is -2.17. The van der Waals surface area contributed by atoms with Gasteiger partial charge in [0.2, 0.25) is 5.91 Å². The van der Waals surface area contributed by atoms with Gasteiger partial charge in [-0.1, -0.05) is 22.8 Å². The topological polar surface area (TPSA) is 93.3 Å². The van der Waals surface area contributed by atoms with Gasteiger partial charge in [-0.2, -0.15) is 5.10 Å². The first-order valence-electron chi connectivity index (χ1n) is 9.66. The first kappa shape index (κ1) is 20.2. The van der Waals surface area contributed by atoms with Gasteiger partial charge in [0.15, 0.2) is 5.82 Å². The third kappa shape index (κ3) is 4.09. The van der Waals surface area contributed by atoms with Gasteiger partial charge in [0.1, 0.15) is 5.76 Å². The van der Waals surface area contributed by atoms with Crippen LogP contribution in [0.2, 0.25) is 5.02 Å². The van der Waals surface area contributed by atoms with Gasteiger partial charge in [0, 0.05) is 24.1 Å². The van der Waals surface area contributed by atoms with Crippen molar-refractivity contribution in [2.24, 2.45) is 0 Å². The van der Waals surface area contributed by atoms with E-state index in [0.29, 0.717) is 22.2 Å². The Morgan fingerprint density at radius 3 is 2.70 bits per heavy atom. The summed E-state index contributed by atoms with van der Waals surface area (Å²) in [6.45, 7) is 3.55. The molecule has 0 radical (unpaired) electrons. The molecule has 3 aromatic rings. The number of carbonyl (C=O) groups is 2. The summed E-state index contributed by atoms with van der Waals surface area (Å²) in [7, 11) is 1.59. The van der Waals surface area contributed by atoms with Crippen molar-refractivity contribution in [1.29, 1.82) is 0 Å². The Morgan fingerprint density at radius 2 is 2.07 bits per heavy atom. The number of amides is 2. The quantitative estimate of drug-likeness (QED) is 0.647. The maximum absolute atomic E-state index is 13.1. The van der Waals surface area contributed by atoms with Crippen LogP contribution in [0.3, 0.4) is 0 Å². The van der Waals surface area contributed by atoms with E-state index >= 15 is 0 Å². The van der Waals surface area contributed by atoms with Crippen LogP contribution in [0.1, 0.15) is 46.1 Å². The lowest BCUT2D eigenvalue weighted by atomic mass is 10.1. The van der Waals surface area contributed by atoms with E-state index in [4.69, 9.17) is 16.1 Å². The maximum Gasteiger partial charge on any atom is 0.257 e. The van der Waals surface area contributed by atoms with Gasteiger partial charge in [-0.15, -0.1) is 0 Å². The summed E-state index contributed by atoms with van der Waals surface area (Å²) in [5.41, 5.74) is 3.15. The summed E-state index contributed by atoms with van der Waals surface area (Å²) >= 11 is 6.28. The Kier molecular flexibility index (Phi) is 5.34. The molecule has 2 amide bonds. The number of anilines is 1. The molecular weight excluding hydrogens is 406 g/mol. The summed E-state index contributed by atoms with van der Waals surface area (Å²) in [6, 6.07) is 7.33. The van der Waals surface area contributed by atoms with E-state index in [-0.39, 0.29) is 24.3 Å². The molecule has 0 saturated heterocycles. The maximum atomic E-state index is 13.1. The number of aromatic nitrogens is 3. The van der Waals surface area contributed by atoms with Crippen molar-refractivity contribution in [1.82, 2.24) is 19.8 Å². The number of carbonyl (C=O) groups excluding carboxylic acids is 2. The van der Waals surface area contributed by atoms with Gasteiger partial charge < -0.3 is 14.7 Å². The van der Waals surface area contributed by atoms with E-state index in [1.165, 1.54) is 4.90 Å². The Bertz CT molecular complexity index is 1120. The fourth-order valence-electron chi connectivity index (χ4n) is 3.29. The molecule has 0 unspecified atom stereocenters. The Balaban J connectivity index is 1.54. The average Bonchev–Trinajstić information content (AvgIpc) is 3.32. The molecule has 1 aromatic carbocycles. The molecule has 0 aliphatic heterocycles. The van der Waals surface area contributed by atoms with Crippen molar-refractivity contribution in [3.63, 3.8) is 0 Å². The van der Waals surface area contributed by atoms with Gasteiger partial charge in [-0.05, 0) is 44.4 Å². The minimum absolute atomic E-state index is 0.115. The zero-order chi connectivity index (χ0) is 21.4. The number of aryl methyl sites for hydroxylation is 2. The highest BCUT2D eigenvalue weighted by Crippen LogP contribution is 2.43. The largest absolute Gasteiger partial charge is 0.360 e. The van der Waals surface area contributed by atoms with E-state index in [0.717, 1.165) is 29.8 Å². The second-order valence-electron chi connectivity index (χ2n) is 7.60. The number of likely N-dealkylation sites (N-methyl/N-ethyl adjacent to an activating group) is 1. The van der Waals surface area contributed by atoms with Gasteiger partial charge >= 0.3 is 0 Å². The highest BCUT2D eigenvalue weighted by molar-refractivity contribution is 6.31. The van der Waals surface area contributed by atoms with Crippen LogP contribution in [-0.2, 0) is 4.79 Å². The number of nitrogens with one attached hydrogen (secondary N) is 1. The van der Waals surface area contributed by atoms with Crippen molar-refractivity contribution in [3.05, 3.63) is 58.1 Å². The monoisotopic (exact) mass is 427 g/mol. The lowest BCUT2D eigenvalue weighted by Crippen LogP contribution is -2.35. The number of hydrogen-bond donors (Lipinski definition) is 1. The molecule has 1 aliphatic carbocycles. The van der Waals surface area contributed by atoms with Crippen molar-refractivity contribution in [2.75, 3.05) is 18.9 Å². The van der Waals surface area contributed by atoms with E-state index in [9.17, 15) is 9.59 Å². The molecule has 156 valence electrons. The van der Waals surface area contributed by atoms with Crippen LogP contribution in [-0.4, -0.2) is 45.2 Å². The Morgan fingerprint density at radius 1 is 1.30 bits per heavy atom. The molecule has 9 heteroatoms. The van der Waals surface area contributed by atoms with E-state index in [1.54, 1.807) is 30.9 Å². The molecule has 30 heavy (non-hydrogen) atoms. The summed E-state index contributed by atoms with van der Waals surface area (Å²) in [4.78, 5) is 26.7. The molecule has 1 saturated carbocycles. The van der Waals surface area contributed by atoms with E-state index in [1.807, 2.05) is 25.1 Å². The number of hydrogen-bond acceptors (Lipinski definition) is 5. The predicted octanol–water partition coefficient (Wildman–Crippen LogP) is 3.72. The molecule has 0 spiro atoms. The third-order valence-corrected chi connectivity index (χ3v) is 5.43. The summed E-state index contributed by atoms with van der Waals surface area (Å²) in [5.74, 6) is 0.568. The molecule has 1 N–H and O–H groups in total. The molecule has 0 atom stereocenters. The summed E-state index contributed by atoms with van der Waals surface area (Å²) in [6.07, 6.45) is 3.57. The molecule has 1 aliphatic rings. The zero-order valence-corrected chi connectivity index (χ0v) is 17.7. The SMILES string of the molecule is Cc1cc(NC(=O)CN(C)C(=O)c2cnn(-c3ccc(C)c(Cl)c3)c2C2CC2)no1. The van der Waals surface area contributed by atoms with Crippen LogP contribution in [0.4, 0.5) is 5.82 Å². The van der Waals surface area contributed by atoms with Crippen molar-refractivity contribution < 1.29 is 14.1 Å². The number of nitrogens with zero attached hydrogens (tertiary/aromatic N) is 4. The summed E-state index contributed by atoms with van der Waals surface area (Å²) in [5, 5.41) is 11.5. The van der Waals surface area contributed by atoms with Crippen LogP contribution >= 0.6 is 11.6 Å². The Hall–Kier alpha value is -3.13. The van der Waals surface area contributed by atoms with Crippen LogP contribution < -0.4 is 5.32 Å². The lowest BCUT2D eigenvalue weighted by molar-refractivity contribution is -0.116. The van der Waals surface area contributed by atoms with Gasteiger partial charge in [0.05, 0.1) is 29.7 Å². The molecule has 2 heterocycles. The second kappa shape index (κ2) is 7.95. The smallest absolute Gasteiger partial charge is 0.257 e. The molecule has 2 aromatic heterocycles. The molecule has 4 rings (SSSR count). The molecule has 1 fully saturated rings. The van der Waals surface area contributed by atoms with Crippen molar-refractivity contribution in [3.8, 4) is 5.69 Å². The second-order valence-corrected chi connectivity index (χ2v) is 8.00. The predicted molar refractivity (Wildman–Crippen MR) is 112 cm³/mol. The first-order chi connectivity index (χ1) is 14.3. The zero-order valence-electron chi connectivity index (χ0n) is 17.0. The van der Waals surface area contributed by atoms with E-state index in [2.05, 4.69) is 15.6 Å². The van der Waals surface area contributed by atoms with Crippen molar-refractivity contribution in [2.45, 2.75) is 32.6 Å². The highest BCUT2D eigenvalue weighted by atomic mass is 35.5. The minimum atomic E-state index is -0.357. The molecular formula is C21H22ClN5O3. The highest BCUT2D eigenvalue weighted by Gasteiger charge is 2.34. The average molecular weight is 428 g/mol. The number of benzene rings is 1. The fourth-order valence-corrected chi connectivity index (χ4v) is 3.47. The normalized spacial score (nSPS) is 13.3. The van der Waals surface area contributed by atoms with Crippen LogP contribution in [0, 0.1) is 13.8 Å². The van der Waals surface area contributed by atoms with Crippen LogP contribution in [0.5, 0.6) is 0 Å². The standard InChI is InChI=1S/C21H22ClN5O3/c1-12-4-7-15(9-17(12)22)27-20(14-5-6-14)16(10-23-27)21(29)26(3)11-19(28)24-18-8-13(2)30-25-18/h4,7-10,14H,5-6,11H2,1-3H3,(H,24,25,28). The number of rotatable bonds is 6. The number of halogens is 1. The van der Waals surface area contributed by atoms with Crippen LogP contribution in [0.15, 0.2) is 35.0 Å². The van der Waals surface area contributed by atoms with Gasteiger partial charge in [-0.3, -0.25) is 9.59 Å². The first-order valence-corrected chi connectivity index (χ1v) is 10.0. The summed E-state index contributed by atoms with van der Waals surface area (Å²) < 4.78 is 6.71. The molecule has 0 bridgehead atoms. The fraction of sp³-hybridized carbons (Fsp3) is 0.333. The third-order valence-electron chi connectivity index (χ3n) is 5.02. The molecule has 8 nitrogen and oxygen atoms in total. The van der Waals surface area contributed by atoms with E-state index < -0.39 is 0 Å². The minimum Gasteiger partial charge on any atom is -0.360 e.